The first-order valence-corrected chi connectivity index (χ1v) is 4.99. The van der Waals surface area contributed by atoms with Gasteiger partial charge in [-0.15, -0.1) is 0 Å². The Morgan fingerprint density at radius 2 is 1.00 bits per heavy atom. The van der Waals surface area contributed by atoms with E-state index in [1.54, 1.807) is 0 Å². The van der Waals surface area contributed by atoms with Gasteiger partial charge in [0.15, 0.2) is 0 Å². The van der Waals surface area contributed by atoms with Crippen molar-refractivity contribution in [2.24, 2.45) is 11.5 Å². The van der Waals surface area contributed by atoms with Gasteiger partial charge >= 0.3 is 0 Å². The third-order valence-corrected chi connectivity index (χ3v) is 2.99. The van der Waals surface area contributed by atoms with Crippen LogP contribution in [0.4, 0.5) is 0 Å². The van der Waals surface area contributed by atoms with Crippen molar-refractivity contribution < 1.29 is 0 Å². The van der Waals surface area contributed by atoms with Gasteiger partial charge in [0.05, 0.1) is 0 Å². The van der Waals surface area contributed by atoms with E-state index >= 15 is 0 Å². The predicted molar refractivity (Wildman–Crippen MR) is 52.9 cm³/mol. The van der Waals surface area contributed by atoms with Crippen LogP contribution in [0.2, 0.25) is 0 Å². The molecule has 0 aromatic carbocycles. The highest BCUT2D eigenvalue weighted by Gasteiger charge is 2.26. The minimum atomic E-state index is 0.0660. The highest BCUT2D eigenvalue weighted by molar-refractivity contribution is 4.87. The Hall–Kier alpha value is -0.0800. The summed E-state index contributed by atoms with van der Waals surface area (Å²) in [4.78, 5) is 0. The lowest BCUT2D eigenvalue weighted by Crippen LogP contribution is -2.42. The van der Waals surface area contributed by atoms with E-state index in [4.69, 9.17) is 11.5 Å². The third-order valence-electron chi connectivity index (χ3n) is 2.99. The number of hydrogen-bond donors (Lipinski definition) is 2. The number of nitrogens with two attached hydrogens (primary N) is 2. The van der Waals surface area contributed by atoms with Gasteiger partial charge in [0, 0.05) is 11.1 Å². The highest BCUT2D eigenvalue weighted by Crippen LogP contribution is 2.27. The molecule has 0 atom stereocenters. The topological polar surface area (TPSA) is 52.0 Å². The van der Waals surface area contributed by atoms with E-state index in [-0.39, 0.29) is 11.1 Å². The molecular weight excluding hydrogens is 148 g/mol. The second-order valence-electron chi connectivity index (χ2n) is 5.02. The van der Waals surface area contributed by atoms with Crippen LogP contribution in [0.1, 0.15) is 52.4 Å². The van der Waals surface area contributed by atoms with Gasteiger partial charge < -0.3 is 11.5 Å². The first-order chi connectivity index (χ1) is 5.41. The first-order valence-electron chi connectivity index (χ1n) is 4.99. The van der Waals surface area contributed by atoms with Crippen LogP contribution in [0, 0.1) is 0 Å². The Labute approximate surface area is 75.7 Å². The first kappa shape index (κ1) is 10.0. The fourth-order valence-corrected chi connectivity index (χ4v) is 2.04. The maximum atomic E-state index is 6.09. The van der Waals surface area contributed by atoms with Gasteiger partial charge in [-0.1, -0.05) is 0 Å². The summed E-state index contributed by atoms with van der Waals surface area (Å²) in [5, 5.41) is 0. The van der Waals surface area contributed by atoms with Gasteiger partial charge in [-0.3, -0.25) is 0 Å². The van der Waals surface area contributed by atoms with E-state index in [0.717, 1.165) is 25.7 Å². The van der Waals surface area contributed by atoms with Gasteiger partial charge in [0.1, 0.15) is 0 Å². The standard InChI is InChI=1S/C10H22N2/c1-9(11)5-3-7-10(2,12)8-4-6-9/h3-8,11-12H2,1-2H3. The molecule has 1 aliphatic rings. The van der Waals surface area contributed by atoms with E-state index in [9.17, 15) is 0 Å². The smallest absolute Gasteiger partial charge is 0.0125 e. The zero-order valence-corrected chi connectivity index (χ0v) is 8.40. The van der Waals surface area contributed by atoms with Crippen LogP contribution >= 0.6 is 0 Å². The molecule has 0 spiro atoms. The normalized spacial score (nSPS) is 45.0. The van der Waals surface area contributed by atoms with Crippen molar-refractivity contribution in [1.29, 1.82) is 0 Å². The molecule has 72 valence electrons. The Bertz CT molecular complexity index is 120. The molecule has 4 N–H and O–H groups in total. The molecule has 0 aromatic rings. The Morgan fingerprint density at radius 1 is 0.750 bits per heavy atom. The molecule has 0 aromatic heterocycles. The summed E-state index contributed by atoms with van der Waals surface area (Å²) in [6.45, 7) is 4.32. The molecule has 0 bridgehead atoms. The molecule has 0 unspecified atom stereocenters. The van der Waals surface area contributed by atoms with Gasteiger partial charge in [-0.05, 0) is 52.4 Å². The van der Waals surface area contributed by atoms with Crippen LogP contribution < -0.4 is 11.5 Å². The van der Waals surface area contributed by atoms with Gasteiger partial charge in [-0.25, -0.2) is 0 Å². The van der Waals surface area contributed by atoms with Crippen LogP contribution in [0.15, 0.2) is 0 Å². The van der Waals surface area contributed by atoms with Crippen molar-refractivity contribution in [3.63, 3.8) is 0 Å². The summed E-state index contributed by atoms with van der Waals surface area (Å²) < 4.78 is 0. The maximum absolute atomic E-state index is 6.09. The van der Waals surface area contributed by atoms with Gasteiger partial charge in [0.2, 0.25) is 0 Å². The number of hydrogen-bond acceptors (Lipinski definition) is 2. The van der Waals surface area contributed by atoms with Crippen molar-refractivity contribution in [2.45, 2.75) is 63.5 Å². The molecule has 0 saturated heterocycles. The summed E-state index contributed by atoms with van der Waals surface area (Å²) in [5.74, 6) is 0. The Morgan fingerprint density at radius 3 is 1.25 bits per heavy atom. The third kappa shape index (κ3) is 3.11. The lowest BCUT2D eigenvalue weighted by molar-refractivity contribution is 0.277. The van der Waals surface area contributed by atoms with Crippen LogP contribution in [0.25, 0.3) is 0 Å². The Kier molecular flexibility index (Phi) is 2.79. The minimum absolute atomic E-state index is 0.0660. The summed E-state index contributed by atoms with van der Waals surface area (Å²) >= 11 is 0. The molecule has 1 aliphatic carbocycles. The fraction of sp³-hybridized carbons (Fsp3) is 1.00. The van der Waals surface area contributed by atoms with Gasteiger partial charge in [-0.2, -0.15) is 0 Å². The van der Waals surface area contributed by atoms with E-state index in [0.29, 0.717) is 0 Å². The van der Waals surface area contributed by atoms with Crippen molar-refractivity contribution in [1.82, 2.24) is 0 Å². The largest absolute Gasteiger partial charge is 0.325 e. The van der Waals surface area contributed by atoms with Crippen LogP contribution in [0.5, 0.6) is 0 Å². The zero-order chi connectivity index (χ0) is 9.24. The van der Waals surface area contributed by atoms with E-state index in [1.165, 1.54) is 12.8 Å². The molecule has 2 heteroatoms. The van der Waals surface area contributed by atoms with Crippen molar-refractivity contribution in [3.05, 3.63) is 0 Å². The van der Waals surface area contributed by atoms with E-state index in [1.807, 2.05) is 0 Å². The quantitative estimate of drug-likeness (QED) is 0.582. The average Bonchev–Trinajstić information content (AvgIpc) is 1.82. The molecule has 1 rings (SSSR count). The van der Waals surface area contributed by atoms with Crippen molar-refractivity contribution >= 4 is 0 Å². The molecule has 12 heavy (non-hydrogen) atoms. The highest BCUT2D eigenvalue weighted by atomic mass is 14.7. The lowest BCUT2D eigenvalue weighted by Gasteiger charge is -2.33. The second kappa shape index (κ2) is 3.35. The molecule has 1 saturated carbocycles. The zero-order valence-electron chi connectivity index (χ0n) is 8.40. The van der Waals surface area contributed by atoms with E-state index in [2.05, 4.69) is 13.8 Å². The van der Waals surface area contributed by atoms with Crippen LogP contribution in [-0.2, 0) is 0 Å². The molecule has 2 nitrogen and oxygen atoms in total. The molecule has 0 aliphatic heterocycles. The van der Waals surface area contributed by atoms with Crippen LogP contribution in [-0.4, -0.2) is 11.1 Å². The second-order valence-corrected chi connectivity index (χ2v) is 5.02. The summed E-state index contributed by atoms with van der Waals surface area (Å²) in [7, 11) is 0. The summed E-state index contributed by atoms with van der Waals surface area (Å²) in [6, 6.07) is 0. The predicted octanol–water partition coefficient (Wildman–Crippen LogP) is 1.78. The van der Waals surface area contributed by atoms with Gasteiger partial charge in [0.25, 0.3) is 0 Å². The van der Waals surface area contributed by atoms with Crippen molar-refractivity contribution in [3.8, 4) is 0 Å². The lowest BCUT2D eigenvalue weighted by atomic mass is 9.80. The Balaban J connectivity index is 2.45. The molecule has 0 amide bonds. The average molecular weight is 170 g/mol. The minimum Gasteiger partial charge on any atom is -0.325 e. The molecule has 1 fully saturated rings. The SMILES string of the molecule is CC1(N)CCCC(C)(N)CCC1. The molecular formula is C10H22N2. The number of rotatable bonds is 0. The maximum Gasteiger partial charge on any atom is 0.0125 e. The summed E-state index contributed by atoms with van der Waals surface area (Å²) in [5.41, 5.74) is 12.3. The fourth-order valence-electron chi connectivity index (χ4n) is 2.04. The molecule has 0 radical (unpaired) electrons. The monoisotopic (exact) mass is 170 g/mol. The molecule has 0 heterocycles. The van der Waals surface area contributed by atoms with Crippen LogP contribution in [0.3, 0.4) is 0 Å². The van der Waals surface area contributed by atoms with Crippen molar-refractivity contribution in [2.75, 3.05) is 0 Å². The summed E-state index contributed by atoms with van der Waals surface area (Å²) in [6.07, 6.45) is 6.86. The van der Waals surface area contributed by atoms with E-state index < -0.39 is 0 Å².